The highest BCUT2D eigenvalue weighted by Crippen LogP contribution is 2.27. The van der Waals surface area contributed by atoms with Crippen LogP contribution < -0.4 is 4.83 Å². The zero-order chi connectivity index (χ0) is 18.9. The smallest absolute Gasteiger partial charge is 0.200 e. The maximum absolute atomic E-state index is 12.4. The van der Waals surface area contributed by atoms with E-state index in [4.69, 9.17) is 0 Å². The molecule has 0 aliphatic rings. The molecule has 0 atom stereocenters. The molecule has 0 amide bonds. The van der Waals surface area contributed by atoms with Crippen LogP contribution in [-0.2, 0) is 10.0 Å². The first-order chi connectivity index (χ1) is 13.0. The first-order valence-electron chi connectivity index (χ1n) is 8.57. The van der Waals surface area contributed by atoms with Crippen molar-refractivity contribution >= 4 is 37.8 Å². The molecule has 4 aromatic rings. The second-order valence-electron chi connectivity index (χ2n) is 6.40. The lowest BCUT2D eigenvalue weighted by molar-refractivity contribution is 0.584. The molecule has 0 fully saturated rings. The second-order valence-corrected chi connectivity index (χ2v) is 8.06. The van der Waals surface area contributed by atoms with Crippen LogP contribution in [0.1, 0.15) is 11.1 Å². The van der Waals surface area contributed by atoms with Crippen LogP contribution in [0.5, 0.6) is 0 Å². The first-order valence-corrected chi connectivity index (χ1v) is 10.0. The number of rotatable bonds is 4. The van der Waals surface area contributed by atoms with Crippen molar-refractivity contribution in [3.05, 3.63) is 90.0 Å². The van der Waals surface area contributed by atoms with Crippen molar-refractivity contribution in [1.82, 2.24) is 4.83 Å². The quantitative estimate of drug-likeness (QED) is 0.322. The third-order valence-electron chi connectivity index (χ3n) is 4.51. The van der Waals surface area contributed by atoms with Gasteiger partial charge in [0, 0.05) is 5.56 Å². The third-order valence-corrected chi connectivity index (χ3v) is 5.75. The van der Waals surface area contributed by atoms with E-state index in [1.165, 1.54) is 0 Å². The van der Waals surface area contributed by atoms with Gasteiger partial charge in [0.25, 0.3) is 10.0 Å². The number of aryl methyl sites for hydroxylation is 1. The van der Waals surface area contributed by atoms with E-state index in [0.717, 1.165) is 32.7 Å². The minimum Gasteiger partial charge on any atom is -0.200 e. The lowest BCUT2D eigenvalue weighted by Crippen LogP contribution is -2.18. The molecule has 0 aliphatic carbocycles. The third kappa shape index (κ3) is 3.41. The van der Waals surface area contributed by atoms with Gasteiger partial charge in [0.2, 0.25) is 0 Å². The molecule has 0 saturated heterocycles. The average Bonchev–Trinajstić information content (AvgIpc) is 2.68. The fourth-order valence-corrected chi connectivity index (χ4v) is 3.92. The summed E-state index contributed by atoms with van der Waals surface area (Å²) in [7, 11) is -3.69. The summed E-state index contributed by atoms with van der Waals surface area (Å²) in [6, 6.07) is 24.8. The maximum Gasteiger partial charge on any atom is 0.276 e. The number of nitrogens with one attached hydrogen (secondary N) is 1. The van der Waals surface area contributed by atoms with E-state index in [2.05, 4.69) is 22.1 Å². The summed E-state index contributed by atoms with van der Waals surface area (Å²) in [5, 5.41) is 8.38. The molecule has 0 aromatic heterocycles. The fraction of sp³-hybridized carbons (Fsp3) is 0.0455. The van der Waals surface area contributed by atoms with E-state index in [-0.39, 0.29) is 4.90 Å². The lowest BCUT2D eigenvalue weighted by Gasteiger charge is -2.08. The van der Waals surface area contributed by atoms with Crippen molar-refractivity contribution in [3.63, 3.8) is 0 Å². The number of hydrazone groups is 1. The van der Waals surface area contributed by atoms with Crippen LogP contribution in [0.4, 0.5) is 0 Å². The summed E-state index contributed by atoms with van der Waals surface area (Å²) in [4.78, 5) is 2.49. The van der Waals surface area contributed by atoms with Gasteiger partial charge >= 0.3 is 0 Å². The normalized spacial score (nSPS) is 12.0. The molecule has 4 aromatic carbocycles. The SMILES string of the molecule is Cc1ccc(S(=O)(=O)N/N=C\c2cc3ccccc3c3ccccc23)cc1. The Labute approximate surface area is 158 Å². The summed E-state index contributed by atoms with van der Waals surface area (Å²) in [6.07, 6.45) is 1.56. The maximum atomic E-state index is 12.4. The van der Waals surface area contributed by atoms with Crippen LogP contribution in [0.25, 0.3) is 21.5 Å². The van der Waals surface area contributed by atoms with E-state index in [1.54, 1.807) is 30.5 Å². The van der Waals surface area contributed by atoms with Crippen molar-refractivity contribution in [2.45, 2.75) is 11.8 Å². The zero-order valence-electron chi connectivity index (χ0n) is 14.8. The molecule has 0 spiro atoms. The molecule has 27 heavy (non-hydrogen) atoms. The Hall–Kier alpha value is -3.18. The van der Waals surface area contributed by atoms with Crippen molar-refractivity contribution in [2.75, 3.05) is 0 Å². The van der Waals surface area contributed by atoms with E-state index in [1.807, 2.05) is 49.4 Å². The number of nitrogens with zero attached hydrogens (tertiary/aromatic N) is 1. The predicted octanol–water partition coefficient (Wildman–Crippen LogP) is 4.61. The Morgan fingerprint density at radius 2 is 1.44 bits per heavy atom. The van der Waals surface area contributed by atoms with Gasteiger partial charge in [-0.3, -0.25) is 0 Å². The molecule has 4 rings (SSSR count). The fourth-order valence-electron chi connectivity index (χ4n) is 3.13. The molecule has 4 nitrogen and oxygen atoms in total. The van der Waals surface area contributed by atoms with E-state index in [9.17, 15) is 8.42 Å². The van der Waals surface area contributed by atoms with E-state index in [0.29, 0.717) is 0 Å². The van der Waals surface area contributed by atoms with Crippen LogP contribution in [0.2, 0.25) is 0 Å². The number of fused-ring (bicyclic) bond motifs is 3. The molecule has 0 aliphatic heterocycles. The Balaban J connectivity index is 1.71. The number of hydrogen-bond donors (Lipinski definition) is 1. The van der Waals surface area contributed by atoms with Gasteiger partial charge in [-0.05, 0) is 46.7 Å². The molecule has 0 bridgehead atoms. The minimum absolute atomic E-state index is 0.189. The Kier molecular flexibility index (Phi) is 4.38. The summed E-state index contributed by atoms with van der Waals surface area (Å²) < 4.78 is 24.8. The van der Waals surface area contributed by atoms with Crippen molar-refractivity contribution < 1.29 is 8.42 Å². The monoisotopic (exact) mass is 374 g/mol. The highest BCUT2D eigenvalue weighted by atomic mass is 32.2. The topological polar surface area (TPSA) is 58.5 Å². The number of hydrogen-bond acceptors (Lipinski definition) is 3. The minimum atomic E-state index is -3.69. The molecule has 5 heteroatoms. The van der Waals surface area contributed by atoms with Crippen LogP contribution in [0.3, 0.4) is 0 Å². The van der Waals surface area contributed by atoms with Crippen molar-refractivity contribution in [3.8, 4) is 0 Å². The predicted molar refractivity (Wildman–Crippen MR) is 111 cm³/mol. The summed E-state index contributed by atoms with van der Waals surface area (Å²) in [5.74, 6) is 0. The number of sulfonamides is 1. The van der Waals surface area contributed by atoms with E-state index < -0.39 is 10.0 Å². The first kappa shape index (κ1) is 17.2. The Morgan fingerprint density at radius 3 is 2.19 bits per heavy atom. The van der Waals surface area contributed by atoms with Gasteiger partial charge in [-0.25, -0.2) is 4.83 Å². The van der Waals surface area contributed by atoms with Gasteiger partial charge in [-0.2, -0.15) is 13.5 Å². The highest BCUT2D eigenvalue weighted by molar-refractivity contribution is 7.89. The molecule has 0 unspecified atom stereocenters. The summed E-state index contributed by atoms with van der Waals surface area (Å²) >= 11 is 0. The molecular formula is C22H18N2O2S. The van der Waals surface area contributed by atoms with Gasteiger partial charge in [0.1, 0.15) is 0 Å². The Bertz CT molecular complexity index is 1260. The summed E-state index contributed by atoms with van der Waals surface area (Å²) in [5.41, 5.74) is 1.86. The zero-order valence-corrected chi connectivity index (χ0v) is 15.6. The molecular weight excluding hydrogens is 356 g/mol. The molecule has 0 radical (unpaired) electrons. The van der Waals surface area contributed by atoms with E-state index >= 15 is 0 Å². The van der Waals surface area contributed by atoms with Crippen LogP contribution >= 0.6 is 0 Å². The van der Waals surface area contributed by atoms with Crippen LogP contribution in [0, 0.1) is 6.92 Å². The van der Waals surface area contributed by atoms with Gasteiger partial charge in [0.05, 0.1) is 11.1 Å². The number of benzene rings is 4. The molecule has 0 heterocycles. The average molecular weight is 374 g/mol. The molecule has 1 N–H and O–H groups in total. The van der Waals surface area contributed by atoms with Gasteiger partial charge in [0.15, 0.2) is 0 Å². The summed E-state index contributed by atoms with van der Waals surface area (Å²) in [6.45, 7) is 1.91. The van der Waals surface area contributed by atoms with Gasteiger partial charge in [-0.1, -0.05) is 66.2 Å². The highest BCUT2D eigenvalue weighted by Gasteiger charge is 2.12. The second kappa shape index (κ2) is 6.85. The van der Waals surface area contributed by atoms with Crippen molar-refractivity contribution in [2.24, 2.45) is 5.10 Å². The van der Waals surface area contributed by atoms with Crippen molar-refractivity contribution in [1.29, 1.82) is 0 Å². The van der Waals surface area contributed by atoms with Gasteiger partial charge < -0.3 is 0 Å². The molecule has 0 saturated carbocycles. The van der Waals surface area contributed by atoms with Gasteiger partial charge in [-0.15, -0.1) is 0 Å². The Morgan fingerprint density at radius 1 is 0.815 bits per heavy atom. The lowest BCUT2D eigenvalue weighted by atomic mass is 9.98. The standard InChI is InChI=1S/C22H18N2O2S/c1-16-10-12-19(13-11-16)27(25,26)24-23-15-18-14-17-6-2-3-7-20(17)22-9-5-4-8-21(18)22/h2-15,24H,1H3/b23-15-. The molecule has 134 valence electrons. The largest absolute Gasteiger partial charge is 0.276 e. The van der Waals surface area contributed by atoms with Crippen LogP contribution in [-0.4, -0.2) is 14.6 Å². The van der Waals surface area contributed by atoms with Crippen LogP contribution in [0.15, 0.2) is 88.9 Å².